The van der Waals surface area contributed by atoms with Crippen molar-refractivity contribution in [3.63, 3.8) is 0 Å². The topological polar surface area (TPSA) is 36.4 Å². The van der Waals surface area contributed by atoms with Crippen molar-refractivity contribution in [1.82, 2.24) is 10.6 Å². The first-order valence-corrected chi connectivity index (χ1v) is 7.95. The molecule has 0 aliphatic heterocycles. The molecular formula is C15H24IN3S. The van der Waals surface area contributed by atoms with Crippen LogP contribution in [0, 0.1) is 0 Å². The summed E-state index contributed by atoms with van der Waals surface area (Å²) in [6, 6.07) is 2.70. The molecule has 112 valence electrons. The number of rotatable bonds is 5. The first kappa shape index (κ1) is 17.5. The summed E-state index contributed by atoms with van der Waals surface area (Å²) in [7, 11) is 0. The maximum absolute atomic E-state index is 4.70. The first-order valence-electron chi connectivity index (χ1n) is 7.01. The number of hydrogen-bond acceptors (Lipinski definition) is 2. The summed E-state index contributed by atoms with van der Waals surface area (Å²) in [4.78, 5) is 4.70. The Hall–Kier alpha value is -0.560. The van der Waals surface area contributed by atoms with Gasteiger partial charge in [0.05, 0.1) is 0 Å². The third kappa shape index (κ3) is 5.44. The Morgan fingerprint density at radius 2 is 2.20 bits per heavy atom. The molecule has 3 nitrogen and oxygen atoms in total. The summed E-state index contributed by atoms with van der Waals surface area (Å²) in [5.74, 6) is 1.42. The summed E-state index contributed by atoms with van der Waals surface area (Å²) in [6.07, 6.45) is 6.67. The fraction of sp³-hybridized carbons (Fsp3) is 0.533. The Bertz CT molecular complexity index is 420. The van der Waals surface area contributed by atoms with Gasteiger partial charge in [-0.2, -0.15) is 11.3 Å². The zero-order chi connectivity index (χ0) is 13.5. The lowest BCUT2D eigenvalue weighted by Crippen LogP contribution is -2.42. The third-order valence-electron chi connectivity index (χ3n) is 3.33. The number of hydrogen-bond donors (Lipinski definition) is 2. The second-order valence-electron chi connectivity index (χ2n) is 4.96. The van der Waals surface area contributed by atoms with E-state index in [1.807, 2.05) is 0 Å². The highest BCUT2D eigenvalue weighted by molar-refractivity contribution is 14.0. The van der Waals surface area contributed by atoms with Crippen LogP contribution in [0.25, 0.3) is 0 Å². The lowest BCUT2D eigenvalue weighted by molar-refractivity contribution is 0.630. The smallest absolute Gasteiger partial charge is 0.191 e. The van der Waals surface area contributed by atoms with E-state index in [4.69, 9.17) is 4.99 Å². The van der Waals surface area contributed by atoms with Gasteiger partial charge in [0.15, 0.2) is 5.96 Å². The van der Waals surface area contributed by atoms with Crippen molar-refractivity contribution in [1.29, 1.82) is 0 Å². The lowest BCUT2D eigenvalue weighted by Gasteiger charge is -2.17. The predicted octanol–water partition coefficient (Wildman–Crippen LogP) is 3.74. The molecule has 0 amide bonds. The van der Waals surface area contributed by atoms with Crippen LogP contribution < -0.4 is 10.6 Å². The van der Waals surface area contributed by atoms with Gasteiger partial charge in [-0.05, 0) is 42.2 Å². The van der Waals surface area contributed by atoms with Gasteiger partial charge in [0.25, 0.3) is 0 Å². The Kier molecular flexibility index (Phi) is 8.21. The molecule has 0 bridgehead atoms. The van der Waals surface area contributed by atoms with Gasteiger partial charge in [-0.3, -0.25) is 4.99 Å². The predicted molar refractivity (Wildman–Crippen MR) is 99.4 cm³/mol. The van der Waals surface area contributed by atoms with Gasteiger partial charge in [-0.15, -0.1) is 24.0 Å². The zero-order valence-electron chi connectivity index (χ0n) is 12.1. The molecule has 1 aliphatic rings. The van der Waals surface area contributed by atoms with Crippen LogP contribution in [0.2, 0.25) is 0 Å². The average Bonchev–Trinajstić information content (AvgIpc) is 3.08. The van der Waals surface area contributed by atoms with Crippen LogP contribution in [0.1, 0.15) is 38.2 Å². The fourth-order valence-corrected chi connectivity index (χ4v) is 2.92. The Morgan fingerprint density at radius 3 is 2.80 bits per heavy atom. The maximum atomic E-state index is 4.70. The fourth-order valence-electron chi connectivity index (χ4n) is 2.14. The Labute approximate surface area is 143 Å². The highest BCUT2D eigenvalue weighted by atomic mass is 127. The minimum absolute atomic E-state index is 0. The van der Waals surface area contributed by atoms with Crippen molar-refractivity contribution in [3.05, 3.63) is 34.5 Å². The van der Waals surface area contributed by atoms with Crippen LogP contribution in [-0.2, 0) is 0 Å². The molecule has 1 atom stereocenters. The van der Waals surface area contributed by atoms with Crippen LogP contribution in [-0.4, -0.2) is 25.1 Å². The highest BCUT2D eigenvalue weighted by Gasteiger charge is 2.12. The van der Waals surface area contributed by atoms with E-state index >= 15 is 0 Å². The molecule has 0 spiro atoms. The maximum Gasteiger partial charge on any atom is 0.191 e. The summed E-state index contributed by atoms with van der Waals surface area (Å²) < 4.78 is 0. The quantitative estimate of drug-likeness (QED) is 0.339. The number of thiophene rings is 1. The van der Waals surface area contributed by atoms with Gasteiger partial charge in [-0.1, -0.05) is 19.1 Å². The number of nitrogens with zero attached hydrogens (tertiary/aromatic N) is 1. The van der Waals surface area contributed by atoms with E-state index in [1.165, 1.54) is 5.56 Å². The minimum atomic E-state index is 0. The molecule has 0 aromatic carbocycles. The molecule has 1 unspecified atom stereocenters. The second-order valence-corrected chi connectivity index (χ2v) is 5.74. The molecule has 0 saturated heterocycles. The van der Waals surface area contributed by atoms with Gasteiger partial charge < -0.3 is 10.6 Å². The number of guanidine groups is 1. The van der Waals surface area contributed by atoms with Crippen LogP contribution in [0.3, 0.4) is 0 Å². The van der Waals surface area contributed by atoms with Crippen molar-refractivity contribution in [2.24, 2.45) is 4.99 Å². The third-order valence-corrected chi connectivity index (χ3v) is 4.03. The van der Waals surface area contributed by atoms with Gasteiger partial charge in [0, 0.05) is 25.0 Å². The Balaban J connectivity index is 0.00000200. The average molecular weight is 405 g/mol. The monoisotopic (exact) mass is 405 g/mol. The lowest BCUT2D eigenvalue weighted by atomic mass is 10.1. The summed E-state index contributed by atoms with van der Waals surface area (Å²) in [6.45, 7) is 6.06. The van der Waals surface area contributed by atoms with Gasteiger partial charge in [0.2, 0.25) is 0 Å². The van der Waals surface area contributed by atoms with E-state index in [1.54, 1.807) is 11.3 Å². The molecular weight excluding hydrogens is 381 g/mol. The van der Waals surface area contributed by atoms with Crippen LogP contribution in [0.4, 0.5) is 0 Å². The molecule has 2 N–H and O–H groups in total. The molecule has 1 aliphatic carbocycles. The molecule has 5 heteroatoms. The van der Waals surface area contributed by atoms with Gasteiger partial charge >= 0.3 is 0 Å². The minimum Gasteiger partial charge on any atom is -0.357 e. The van der Waals surface area contributed by atoms with E-state index in [9.17, 15) is 0 Å². The molecule has 0 radical (unpaired) electrons. The number of halogens is 1. The van der Waals surface area contributed by atoms with E-state index in [2.05, 4.69) is 53.5 Å². The standard InChI is InChI=1S/C15H23N3S.HI/c1-3-16-15(18-14-6-4-5-7-14)17-10-12(2)13-8-9-19-11-13;/h4-5,8-9,11-12,14H,3,6-7,10H2,1-2H3,(H2,16,17,18);1H. The molecule has 1 aromatic rings. The van der Waals surface area contributed by atoms with Crippen molar-refractivity contribution < 1.29 is 0 Å². The van der Waals surface area contributed by atoms with Gasteiger partial charge in [0.1, 0.15) is 0 Å². The van der Waals surface area contributed by atoms with E-state index in [0.717, 1.165) is 31.9 Å². The SMILES string of the molecule is CCNC(=NCC(C)c1ccsc1)NC1CC=CC1.I. The molecule has 1 aromatic heterocycles. The van der Waals surface area contributed by atoms with E-state index in [-0.39, 0.29) is 24.0 Å². The summed E-state index contributed by atoms with van der Waals surface area (Å²) in [5, 5.41) is 11.2. The van der Waals surface area contributed by atoms with Crippen LogP contribution in [0.5, 0.6) is 0 Å². The number of aliphatic imine (C=N–C) groups is 1. The van der Waals surface area contributed by atoms with Crippen molar-refractivity contribution in [2.45, 2.75) is 38.6 Å². The molecule has 2 rings (SSSR count). The summed E-state index contributed by atoms with van der Waals surface area (Å²) in [5.41, 5.74) is 1.38. The summed E-state index contributed by atoms with van der Waals surface area (Å²) >= 11 is 1.75. The van der Waals surface area contributed by atoms with Crippen LogP contribution >= 0.6 is 35.3 Å². The van der Waals surface area contributed by atoms with Crippen molar-refractivity contribution in [2.75, 3.05) is 13.1 Å². The van der Waals surface area contributed by atoms with Crippen molar-refractivity contribution in [3.8, 4) is 0 Å². The zero-order valence-corrected chi connectivity index (χ0v) is 15.3. The molecule has 0 fully saturated rings. The molecule has 20 heavy (non-hydrogen) atoms. The number of nitrogens with one attached hydrogen (secondary N) is 2. The van der Waals surface area contributed by atoms with Crippen molar-refractivity contribution >= 4 is 41.3 Å². The highest BCUT2D eigenvalue weighted by Crippen LogP contribution is 2.18. The Morgan fingerprint density at radius 1 is 1.45 bits per heavy atom. The van der Waals surface area contributed by atoms with E-state index < -0.39 is 0 Å². The molecule has 1 heterocycles. The second kappa shape index (κ2) is 9.39. The van der Waals surface area contributed by atoms with Crippen LogP contribution in [0.15, 0.2) is 34.0 Å². The first-order chi connectivity index (χ1) is 9.29. The normalized spacial score (nSPS) is 16.8. The van der Waals surface area contributed by atoms with Gasteiger partial charge in [-0.25, -0.2) is 0 Å². The largest absolute Gasteiger partial charge is 0.357 e. The van der Waals surface area contributed by atoms with E-state index in [0.29, 0.717) is 12.0 Å². The molecule has 0 saturated carbocycles.